The molecule has 106 valence electrons. The summed E-state index contributed by atoms with van der Waals surface area (Å²) >= 11 is 2.19. The Morgan fingerprint density at radius 1 is 1.32 bits per heavy atom. The SMILES string of the molecule is CCCC(CN=Cc1cccc(C)c1)S[Si](C)(C)C. The van der Waals surface area contributed by atoms with Crippen molar-refractivity contribution in [2.24, 2.45) is 4.99 Å². The molecular formula is C16H27NSSi. The van der Waals surface area contributed by atoms with E-state index in [0.717, 1.165) is 6.54 Å². The van der Waals surface area contributed by atoms with Crippen molar-refractivity contribution < 1.29 is 0 Å². The van der Waals surface area contributed by atoms with E-state index in [1.807, 2.05) is 6.21 Å². The van der Waals surface area contributed by atoms with Crippen molar-refractivity contribution in [3.8, 4) is 0 Å². The topological polar surface area (TPSA) is 12.4 Å². The second kappa shape index (κ2) is 7.90. The van der Waals surface area contributed by atoms with Crippen molar-refractivity contribution >= 4 is 24.6 Å². The van der Waals surface area contributed by atoms with Gasteiger partial charge in [-0.15, -0.1) is 0 Å². The number of aryl methyl sites for hydroxylation is 1. The molecule has 0 saturated carbocycles. The number of aliphatic imine (C=N–C) groups is 1. The van der Waals surface area contributed by atoms with Crippen LogP contribution in [0.5, 0.6) is 0 Å². The molecule has 0 N–H and O–H groups in total. The molecule has 1 nitrogen and oxygen atoms in total. The van der Waals surface area contributed by atoms with Gasteiger partial charge in [-0.2, -0.15) is 11.2 Å². The van der Waals surface area contributed by atoms with Crippen LogP contribution in [0.25, 0.3) is 0 Å². The van der Waals surface area contributed by atoms with Gasteiger partial charge in [-0.3, -0.25) is 4.99 Å². The van der Waals surface area contributed by atoms with Crippen molar-refractivity contribution in [3.63, 3.8) is 0 Å². The number of rotatable bonds is 7. The lowest BCUT2D eigenvalue weighted by Gasteiger charge is -2.22. The summed E-state index contributed by atoms with van der Waals surface area (Å²) in [4.78, 5) is 4.66. The monoisotopic (exact) mass is 293 g/mol. The molecule has 1 rings (SSSR count). The zero-order chi connectivity index (χ0) is 14.3. The molecule has 1 aromatic carbocycles. The summed E-state index contributed by atoms with van der Waals surface area (Å²) in [7, 11) is -1.05. The third-order valence-electron chi connectivity index (χ3n) is 2.72. The van der Waals surface area contributed by atoms with Crippen LogP contribution in [0.4, 0.5) is 0 Å². The molecule has 0 spiro atoms. The molecule has 0 heterocycles. The second-order valence-electron chi connectivity index (χ2n) is 6.05. The van der Waals surface area contributed by atoms with E-state index in [-0.39, 0.29) is 0 Å². The van der Waals surface area contributed by atoms with Gasteiger partial charge in [0.05, 0.1) is 6.54 Å². The molecule has 0 bridgehead atoms. The lowest BCUT2D eigenvalue weighted by molar-refractivity contribution is 0.748. The first kappa shape index (κ1) is 16.5. The van der Waals surface area contributed by atoms with Gasteiger partial charge in [-0.1, -0.05) is 62.8 Å². The van der Waals surface area contributed by atoms with Gasteiger partial charge < -0.3 is 0 Å². The van der Waals surface area contributed by atoms with Crippen LogP contribution in [0.15, 0.2) is 29.3 Å². The third-order valence-corrected chi connectivity index (χ3v) is 7.27. The van der Waals surface area contributed by atoms with E-state index in [9.17, 15) is 0 Å². The maximum absolute atomic E-state index is 4.66. The fourth-order valence-electron chi connectivity index (χ4n) is 2.04. The van der Waals surface area contributed by atoms with E-state index in [1.54, 1.807) is 0 Å². The Hall–Kier alpha value is -0.543. The highest BCUT2D eigenvalue weighted by Gasteiger charge is 2.19. The van der Waals surface area contributed by atoms with Crippen LogP contribution in [0.1, 0.15) is 30.9 Å². The van der Waals surface area contributed by atoms with Crippen LogP contribution in [-0.4, -0.2) is 25.2 Å². The van der Waals surface area contributed by atoms with Crippen molar-refractivity contribution in [1.82, 2.24) is 0 Å². The van der Waals surface area contributed by atoms with Crippen LogP contribution in [0.3, 0.4) is 0 Å². The predicted octanol–water partition coefficient (Wildman–Crippen LogP) is 5.15. The molecule has 1 aromatic rings. The van der Waals surface area contributed by atoms with Gasteiger partial charge in [0.2, 0.25) is 0 Å². The van der Waals surface area contributed by atoms with Crippen LogP contribution in [-0.2, 0) is 0 Å². The summed E-state index contributed by atoms with van der Waals surface area (Å²) in [6.45, 7) is 12.6. The average molecular weight is 294 g/mol. The quantitative estimate of drug-likeness (QED) is 0.500. The predicted molar refractivity (Wildman–Crippen MR) is 93.3 cm³/mol. The van der Waals surface area contributed by atoms with E-state index in [2.05, 4.69) is 74.0 Å². The maximum atomic E-state index is 4.66. The summed E-state index contributed by atoms with van der Waals surface area (Å²) in [5.41, 5.74) is 2.51. The average Bonchev–Trinajstić information content (AvgIpc) is 2.27. The first-order chi connectivity index (χ1) is 8.90. The van der Waals surface area contributed by atoms with E-state index >= 15 is 0 Å². The highest BCUT2D eigenvalue weighted by Crippen LogP contribution is 2.27. The van der Waals surface area contributed by atoms with Crippen LogP contribution < -0.4 is 0 Å². The van der Waals surface area contributed by atoms with Gasteiger partial charge >= 0.3 is 0 Å². The Labute approximate surface area is 123 Å². The molecule has 3 heteroatoms. The molecule has 0 amide bonds. The molecular weight excluding hydrogens is 266 g/mol. The first-order valence-electron chi connectivity index (χ1n) is 7.15. The number of hydrogen-bond acceptors (Lipinski definition) is 2. The molecule has 0 fully saturated rings. The standard InChI is InChI=1S/C16H27NSSi/c1-6-8-16(18-19(3,4)5)13-17-12-15-10-7-9-14(2)11-15/h7,9-12,16H,6,8,13H2,1-5H3. The lowest BCUT2D eigenvalue weighted by Crippen LogP contribution is -2.22. The Bertz CT molecular complexity index is 409. The minimum Gasteiger partial charge on any atom is -0.291 e. The Morgan fingerprint density at radius 3 is 2.63 bits per heavy atom. The molecule has 0 saturated heterocycles. The van der Waals surface area contributed by atoms with E-state index < -0.39 is 7.22 Å². The first-order valence-corrected chi connectivity index (χ1v) is 12.3. The summed E-state index contributed by atoms with van der Waals surface area (Å²) in [6, 6.07) is 8.52. The fraction of sp³-hybridized carbons (Fsp3) is 0.562. The summed E-state index contributed by atoms with van der Waals surface area (Å²) in [5.74, 6) is 0. The highest BCUT2D eigenvalue weighted by molar-refractivity contribution is 8.29. The van der Waals surface area contributed by atoms with Gasteiger partial charge in [-0.25, -0.2) is 0 Å². The molecule has 0 radical (unpaired) electrons. The van der Waals surface area contributed by atoms with Gasteiger partial charge in [0.15, 0.2) is 0 Å². The Morgan fingerprint density at radius 2 is 2.05 bits per heavy atom. The van der Waals surface area contributed by atoms with E-state index in [4.69, 9.17) is 0 Å². The number of benzene rings is 1. The Balaban J connectivity index is 2.55. The Kier molecular flexibility index (Phi) is 6.87. The van der Waals surface area contributed by atoms with Crippen LogP contribution in [0.2, 0.25) is 19.6 Å². The smallest absolute Gasteiger partial charge is 0.108 e. The zero-order valence-electron chi connectivity index (χ0n) is 12.9. The zero-order valence-corrected chi connectivity index (χ0v) is 14.8. The minimum atomic E-state index is -1.05. The van der Waals surface area contributed by atoms with E-state index in [1.165, 1.54) is 24.0 Å². The normalized spacial score (nSPS) is 13.9. The molecule has 0 aliphatic carbocycles. The lowest BCUT2D eigenvalue weighted by atomic mass is 10.1. The molecule has 19 heavy (non-hydrogen) atoms. The molecule has 0 aromatic heterocycles. The molecule has 0 aliphatic rings. The van der Waals surface area contributed by atoms with Crippen LogP contribution >= 0.6 is 11.2 Å². The third kappa shape index (κ3) is 7.58. The van der Waals surface area contributed by atoms with Crippen molar-refractivity contribution in [3.05, 3.63) is 35.4 Å². The van der Waals surface area contributed by atoms with Gasteiger partial charge in [0.1, 0.15) is 7.22 Å². The molecule has 1 unspecified atom stereocenters. The number of nitrogens with zero attached hydrogens (tertiary/aromatic N) is 1. The largest absolute Gasteiger partial charge is 0.291 e. The van der Waals surface area contributed by atoms with Gasteiger partial charge in [-0.05, 0) is 18.9 Å². The van der Waals surface area contributed by atoms with Gasteiger partial charge in [0.25, 0.3) is 0 Å². The van der Waals surface area contributed by atoms with Crippen molar-refractivity contribution in [1.29, 1.82) is 0 Å². The fourth-order valence-corrected chi connectivity index (χ4v) is 7.13. The molecule has 1 atom stereocenters. The van der Waals surface area contributed by atoms with Gasteiger partial charge in [0, 0.05) is 11.5 Å². The minimum absolute atomic E-state index is 0.692. The second-order valence-corrected chi connectivity index (χ2v) is 15.6. The summed E-state index contributed by atoms with van der Waals surface area (Å²) in [5, 5.41) is 0.692. The summed E-state index contributed by atoms with van der Waals surface area (Å²) in [6.07, 6.45) is 4.56. The summed E-state index contributed by atoms with van der Waals surface area (Å²) < 4.78 is 0. The van der Waals surface area contributed by atoms with E-state index in [0.29, 0.717) is 5.25 Å². The maximum Gasteiger partial charge on any atom is 0.108 e. The molecule has 0 aliphatic heterocycles. The van der Waals surface area contributed by atoms with Crippen molar-refractivity contribution in [2.75, 3.05) is 6.54 Å². The van der Waals surface area contributed by atoms with Crippen molar-refractivity contribution in [2.45, 2.75) is 51.6 Å². The number of hydrogen-bond donors (Lipinski definition) is 0. The van der Waals surface area contributed by atoms with Crippen LogP contribution in [0, 0.1) is 6.92 Å². The highest BCUT2D eigenvalue weighted by atomic mass is 32.4.